The molecule has 7 nitrogen and oxygen atoms in total. The van der Waals surface area contributed by atoms with Crippen LogP contribution < -0.4 is 18.9 Å². The van der Waals surface area contributed by atoms with E-state index in [2.05, 4.69) is 0 Å². The highest BCUT2D eigenvalue weighted by Crippen LogP contribution is 2.47. The van der Waals surface area contributed by atoms with E-state index in [0.717, 1.165) is 0 Å². The lowest BCUT2D eigenvalue weighted by molar-refractivity contribution is -0.0711. The summed E-state index contributed by atoms with van der Waals surface area (Å²) in [4.78, 5) is 0. The van der Waals surface area contributed by atoms with Crippen LogP contribution in [0.15, 0.2) is 30.3 Å². The number of hydrogen-bond acceptors (Lipinski definition) is 7. The number of aromatic hydroxyl groups is 1. The van der Waals surface area contributed by atoms with Gasteiger partial charge in [-0.05, 0) is 17.7 Å². The van der Waals surface area contributed by atoms with E-state index in [1.165, 1.54) is 27.4 Å². The van der Waals surface area contributed by atoms with Crippen LogP contribution in [0.2, 0.25) is 0 Å². The first-order valence-corrected chi connectivity index (χ1v) is 7.65. The Labute approximate surface area is 145 Å². The van der Waals surface area contributed by atoms with Gasteiger partial charge in [0.05, 0.1) is 26.9 Å². The second kappa shape index (κ2) is 6.70. The number of aliphatic hydroxyl groups excluding tert-OH is 2. The molecule has 0 saturated heterocycles. The summed E-state index contributed by atoms with van der Waals surface area (Å²) in [6, 6.07) is 7.83. The van der Waals surface area contributed by atoms with Gasteiger partial charge in [0.1, 0.15) is 29.5 Å². The molecule has 1 aliphatic heterocycles. The van der Waals surface area contributed by atoms with Gasteiger partial charge in [-0.3, -0.25) is 0 Å². The summed E-state index contributed by atoms with van der Waals surface area (Å²) in [5.74, 6) is 1.44. The Balaban J connectivity index is 2.06. The fourth-order valence-corrected chi connectivity index (χ4v) is 2.93. The molecule has 0 bridgehead atoms. The van der Waals surface area contributed by atoms with E-state index in [1.807, 2.05) is 0 Å². The van der Waals surface area contributed by atoms with Gasteiger partial charge in [-0.2, -0.15) is 0 Å². The molecular formula is C18H20O7. The number of hydrogen-bond donors (Lipinski definition) is 3. The minimum absolute atomic E-state index is 0.0270. The van der Waals surface area contributed by atoms with E-state index in [0.29, 0.717) is 28.4 Å². The highest BCUT2D eigenvalue weighted by Gasteiger charge is 2.39. The Bertz CT molecular complexity index is 774. The van der Waals surface area contributed by atoms with E-state index >= 15 is 0 Å². The summed E-state index contributed by atoms with van der Waals surface area (Å²) in [5, 5.41) is 30.9. The zero-order chi connectivity index (χ0) is 18.1. The second-order valence-corrected chi connectivity index (χ2v) is 5.65. The van der Waals surface area contributed by atoms with Crippen LogP contribution in [0, 0.1) is 0 Å². The number of phenols is 1. The Kier molecular flexibility index (Phi) is 4.61. The molecular weight excluding hydrogens is 328 g/mol. The molecule has 3 atom stereocenters. The Morgan fingerprint density at radius 1 is 0.920 bits per heavy atom. The van der Waals surface area contributed by atoms with Crippen molar-refractivity contribution in [1.29, 1.82) is 0 Å². The zero-order valence-electron chi connectivity index (χ0n) is 14.1. The van der Waals surface area contributed by atoms with Crippen LogP contribution in [0.5, 0.6) is 28.7 Å². The molecule has 2 aromatic carbocycles. The molecule has 3 rings (SSSR count). The van der Waals surface area contributed by atoms with Gasteiger partial charge in [0.15, 0.2) is 17.6 Å². The maximum Gasteiger partial charge on any atom is 0.160 e. The Hall–Kier alpha value is -2.64. The van der Waals surface area contributed by atoms with Gasteiger partial charge in [-0.1, -0.05) is 6.07 Å². The molecule has 0 saturated carbocycles. The fraction of sp³-hybridized carbons (Fsp3) is 0.333. The highest BCUT2D eigenvalue weighted by molar-refractivity contribution is 5.54. The molecule has 0 radical (unpaired) electrons. The number of aliphatic hydroxyl groups is 2. The zero-order valence-corrected chi connectivity index (χ0v) is 14.1. The average Bonchev–Trinajstić information content (AvgIpc) is 2.64. The monoisotopic (exact) mass is 348 g/mol. The smallest absolute Gasteiger partial charge is 0.160 e. The largest absolute Gasteiger partial charge is 0.504 e. The molecule has 1 heterocycles. The standard InChI is InChI=1S/C18H20O7/c1-22-10-7-13(24-3)15-14(8-10)25-18(17(21)16(15)20)9-4-5-11(19)12(6-9)23-2/h4-8,16-21H,1-3H3. The van der Waals surface area contributed by atoms with Crippen molar-refractivity contribution in [2.24, 2.45) is 0 Å². The molecule has 0 fully saturated rings. The SMILES string of the molecule is COc1cc(OC)c2c(c1)OC(c1ccc(O)c(OC)c1)C(O)C2O. The molecule has 3 unspecified atom stereocenters. The first kappa shape index (κ1) is 17.2. The average molecular weight is 348 g/mol. The van der Waals surface area contributed by atoms with E-state index in [-0.39, 0.29) is 11.5 Å². The normalized spacial score (nSPS) is 21.9. The molecule has 0 amide bonds. The van der Waals surface area contributed by atoms with Crippen LogP contribution in [0.3, 0.4) is 0 Å². The van der Waals surface area contributed by atoms with Crippen molar-refractivity contribution in [2.75, 3.05) is 21.3 Å². The van der Waals surface area contributed by atoms with Gasteiger partial charge in [-0.15, -0.1) is 0 Å². The molecule has 0 aliphatic carbocycles. The van der Waals surface area contributed by atoms with E-state index in [9.17, 15) is 15.3 Å². The van der Waals surface area contributed by atoms with Crippen LogP contribution in [-0.4, -0.2) is 42.8 Å². The highest BCUT2D eigenvalue weighted by atomic mass is 16.5. The molecule has 0 aromatic heterocycles. The number of ether oxygens (including phenoxy) is 4. The summed E-state index contributed by atoms with van der Waals surface area (Å²) >= 11 is 0. The van der Waals surface area contributed by atoms with Gasteiger partial charge < -0.3 is 34.3 Å². The maximum atomic E-state index is 10.6. The Morgan fingerprint density at radius 2 is 1.64 bits per heavy atom. The first-order chi connectivity index (χ1) is 12.0. The summed E-state index contributed by atoms with van der Waals surface area (Å²) in [5.41, 5.74) is 0.909. The Morgan fingerprint density at radius 3 is 2.28 bits per heavy atom. The van der Waals surface area contributed by atoms with Crippen LogP contribution >= 0.6 is 0 Å². The molecule has 134 valence electrons. The first-order valence-electron chi connectivity index (χ1n) is 7.65. The van der Waals surface area contributed by atoms with Crippen LogP contribution in [0.1, 0.15) is 23.3 Å². The van der Waals surface area contributed by atoms with Crippen molar-refractivity contribution < 1.29 is 34.3 Å². The summed E-state index contributed by atoms with van der Waals surface area (Å²) < 4.78 is 21.5. The van der Waals surface area contributed by atoms with Gasteiger partial charge >= 0.3 is 0 Å². The van der Waals surface area contributed by atoms with Crippen molar-refractivity contribution in [3.8, 4) is 28.7 Å². The third-order valence-electron chi connectivity index (χ3n) is 4.25. The van der Waals surface area contributed by atoms with Crippen molar-refractivity contribution in [2.45, 2.75) is 18.3 Å². The number of fused-ring (bicyclic) bond motifs is 1. The van der Waals surface area contributed by atoms with E-state index in [1.54, 1.807) is 24.3 Å². The van der Waals surface area contributed by atoms with Crippen LogP contribution in [0.25, 0.3) is 0 Å². The summed E-state index contributed by atoms with van der Waals surface area (Å²) in [7, 11) is 4.40. The van der Waals surface area contributed by atoms with Crippen LogP contribution in [-0.2, 0) is 0 Å². The molecule has 3 N–H and O–H groups in total. The van der Waals surface area contributed by atoms with Gasteiger partial charge in [0.25, 0.3) is 0 Å². The van der Waals surface area contributed by atoms with Gasteiger partial charge in [-0.25, -0.2) is 0 Å². The topological polar surface area (TPSA) is 97.6 Å². The lowest BCUT2D eigenvalue weighted by atomic mass is 9.91. The molecule has 25 heavy (non-hydrogen) atoms. The number of rotatable bonds is 4. The molecule has 7 heteroatoms. The van der Waals surface area contributed by atoms with Gasteiger partial charge in [0.2, 0.25) is 0 Å². The minimum Gasteiger partial charge on any atom is -0.504 e. The number of benzene rings is 2. The lowest BCUT2D eigenvalue weighted by Crippen LogP contribution is -2.34. The second-order valence-electron chi connectivity index (χ2n) is 5.65. The summed E-state index contributed by atoms with van der Waals surface area (Å²) in [6.45, 7) is 0. The predicted molar refractivity (Wildman–Crippen MR) is 88.5 cm³/mol. The minimum atomic E-state index is -1.23. The quantitative estimate of drug-likeness (QED) is 0.777. The molecule has 0 spiro atoms. The molecule has 2 aromatic rings. The van der Waals surface area contributed by atoms with Crippen molar-refractivity contribution in [3.63, 3.8) is 0 Å². The number of methoxy groups -OCH3 is 3. The van der Waals surface area contributed by atoms with E-state index in [4.69, 9.17) is 18.9 Å². The van der Waals surface area contributed by atoms with Crippen molar-refractivity contribution in [3.05, 3.63) is 41.5 Å². The summed E-state index contributed by atoms with van der Waals surface area (Å²) in [6.07, 6.45) is -3.30. The number of phenolic OH excluding ortho intramolecular Hbond substituents is 1. The van der Waals surface area contributed by atoms with Crippen LogP contribution in [0.4, 0.5) is 0 Å². The lowest BCUT2D eigenvalue weighted by Gasteiger charge is -2.35. The maximum absolute atomic E-state index is 10.6. The van der Waals surface area contributed by atoms with Crippen molar-refractivity contribution in [1.82, 2.24) is 0 Å². The predicted octanol–water partition coefficient (Wildman–Crippen LogP) is 1.95. The van der Waals surface area contributed by atoms with E-state index < -0.39 is 18.3 Å². The third kappa shape index (κ3) is 2.92. The molecule has 1 aliphatic rings. The van der Waals surface area contributed by atoms with Gasteiger partial charge in [0, 0.05) is 12.1 Å². The fourth-order valence-electron chi connectivity index (χ4n) is 2.93. The third-order valence-corrected chi connectivity index (χ3v) is 4.25. The van der Waals surface area contributed by atoms with Crippen molar-refractivity contribution >= 4 is 0 Å².